The van der Waals surface area contributed by atoms with Crippen LogP contribution in [0.25, 0.3) is 0 Å². The van der Waals surface area contributed by atoms with Crippen LogP contribution in [0.5, 0.6) is 0 Å². The first-order valence-electron chi connectivity index (χ1n) is 5.44. The number of carbonyl (C=O) groups excluding carboxylic acids is 2. The van der Waals surface area contributed by atoms with E-state index >= 15 is 0 Å². The average molecular weight is 264 g/mol. The molecule has 0 radical (unpaired) electrons. The maximum absolute atomic E-state index is 10.9. The Morgan fingerprint density at radius 1 is 0.789 bits per heavy atom. The van der Waals surface area contributed by atoms with E-state index in [1.807, 2.05) is 36.4 Å². The van der Waals surface area contributed by atoms with Crippen LogP contribution in [0.1, 0.15) is 27.6 Å². The van der Waals surface area contributed by atoms with Crippen LogP contribution in [0.3, 0.4) is 0 Å². The number of ketones is 1. The van der Waals surface area contributed by atoms with Gasteiger partial charge in [-0.05, 0) is 6.92 Å². The zero-order chi connectivity index (χ0) is 13.4. The van der Waals surface area contributed by atoms with Gasteiger partial charge >= 0.3 is 29.6 Å². The van der Waals surface area contributed by atoms with Crippen molar-refractivity contribution in [1.29, 1.82) is 0 Å². The minimum Gasteiger partial charge on any atom is -0.545 e. The van der Waals surface area contributed by atoms with Crippen LogP contribution in [-0.2, 0) is 0 Å². The molecule has 2 aromatic rings. The number of carboxylic acids is 1. The topological polar surface area (TPSA) is 57.2 Å². The van der Waals surface area contributed by atoms with Crippen LogP contribution >= 0.6 is 0 Å². The van der Waals surface area contributed by atoms with Crippen molar-refractivity contribution in [3.8, 4) is 0 Å². The number of carboxylic acid groups (broad SMARTS) is 1. The average Bonchev–Trinajstić information content (AvgIpc) is 2.41. The van der Waals surface area contributed by atoms with Gasteiger partial charge in [0.1, 0.15) is 0 Å². The van der Waals surface area contributed by atoms with E-state index in [4.69, 9.17) is 0 Å². The van der Waals surface area contributed by atoms with Gasteiger partial charge in [-0.1, -0.05) is 60.7 Å². The van der Waals surface area contributed by atoms with E-state index in [0.29, 0.717) is 0 Å². The molecule has 0 heterocycles. The van der Waals surface area contributed by atoms with Crippen molar-refractivity contribution in [3.05, 3.63) is 71.8 Å². The molecule has 2 rings (SSSR count). The van der Waals surface area contributed by atoms with Gasteiger partial charge in [0.05, 0.1) is 5.97 Å². The molecule has 0 spiro atoms. The second kappa shape index (κ2) is 9.50. The summed E-state index contributed by atoms with van der Waals surface area (Å²) in [7, 11) is 0. The smallest absolute Gasteiger partial charge is 0.545 e. The first-order valence-corrected chi connectivity index (χ1v) is 5.44. The van der Waals surface area contributed by atoms with E-state index in [1.165, 1.54) is 19.1 Å². The maximum atomic E-state index is 10.9. The first kappa shape index (κ1) is 17.6. The zero-order valence-electron chi connectivity index (χ0n) is 11.0. The first-order chi connectivity index (χ1) is 8.63. The summed E-state index contributed by atoms with van der Waals surface area (Å²) >= 11 is 0. The van der Waals surface area contributed by atoms with Crippen molar-refractivity contribution in [2.75, 3.05) is 0 Å². The van der Waals surface area contributed by atoms with Gasteiger partial charge in [-0.2, -0.15) is 0 Å². The zero-order valence-corrected chi connectivity index (χ0v) is 13.0. The molecule has 0 N–H and O–H groups in total. The second-order valence-corrected chi connectivity index (χ2v) is 3.54. The monoisotopic (exact) mass is 264 g/mol. The summed E-state index contributed by atoms with van der Waals surface area (Å²) in [5.41, 5.74) is 0.141. The van der Waals surface area contributed by atoms with Crippen LogP contribution in [0.2, 0.25) is 0 Å². The summed E-state index contributed by atoms with van der Waals surface area (Å²) in [6.45, 7) is 1.32. The third-order valence-corrected chi connectivity index (χ3v) is 2.19. The summed E-state index contributed by atoms with van der Waals surface area (Å²) in [6.07, 6.45) is 0. The third kappa shape index (κ3) is 6.34. The number of Topliss-reactive ketones (excluding diaryl/α,β-unsaturated/α-hetero) is 1. The van der Waals surface area contributed by atoms with Gasteiger partial charge in [-0.15, -0.1) is 0 Å². The summed E-state index contributed by atoms with van der Waals surface area (Å²) in [5, 5.41) is 10.5. The Bertz CT molecular complexity index is 464. The van der Waals surface area contributed by atoms with E-state index in [1.54, 1.807) is 12.1 Å². The molecule has 0 unspecified atom stereocenters. The summed E-state index contributed by atoms with van der Waals surface area (Å²) in [5.74, 6) is -1.59. The number of hydrogen-bond acceptors (Lipinski definition) is 3. The fourth-order valence-corrected chi connectivity index (χ4v) is 1.35. The maximum Gasteiger partial charge on any atom is 1.00 e. The molecule has 0 atom stereocenters. The SMILES string of the molecule is CC(=O)c1ccccc1C(=O)[O-].[Na+].c1ccccc1. The Hall–Kier alpha value is -1.42. The van der Waals surface area contributed by atoms with E-state index in [9.17, 15) is 14.7 Å². The number of benzene rings is 2. The molecule has 4 heteroatoms. The molecule has 0 saturated carbocycles. The largest absolute Gasteiger partial charge is 1.00 e. The van der Waals surface area contributed by atoms with Gasteiger partial charge < -0.3 is 9.90 Å². The predicted octanol–water partition coefficient (Wildman–Crippen LogP) is -1.06. The Balaban J connectivity index is 0.000000392. The van der Waals surface area contributed by atoms with Crippen LogP contribution in [0, 0.1) is 0 Å². The number of rotatable bonds is 2. The van der Waals surface area contributed by atoms with Crippen molar-refractivity contribution < 1.29 is 44.3 Å². The second-order valence-electron chi connectivity index (χ2n) is 3.54. The van der Waals surface area contributed by atoms with E-state index in [-0.39, 0.29) is 46.5 Å². The molecule has 0 fully saturated rings. The molecule has 2 aromatic carbocycles. The molecule has 0 amide bonds. The molecule has 92 valence electrons. The normalized spacial score (nSPS) is 8.47. The molecule has 0 aliphatic carbocycles. The number of hydrogen-bond donors (Lipinski definition) is 0. The van der Waals surface area contributed by atoms with Gasteiger partial charge in [0.15, 0.2) is 5.78 Å². The summed E-state index contributed by atoms with van der Waals surface area (Å²) in [6, 6.07) is 18.0. The summed E-state index contributed by atoms with van der Waals surface area (Å²) < 4.78 is 0. The standard InChI is InChI=1S/C9H8O3.C6H6.Na/c1-6(10)7-4-2-3-5-8(7)9(11)12;1-2-4-6-5-3-1;/h2-5H,1H3,(H,11,12);1-6H;/q;;+1/p-1. The molecule has 0 aliphatic rings. The third-order valence-electron chi connectivity index (χ3n) is 2.19. The van der Waals surface area contributed by atoms with Crippen molar-refractivity contribution in [2.45, 2.75) is 6.92 Å². The minimum atomic E-state index is -1.32. The molecule has 0 bridgehead atoms. The quantitative estimate of drug-likeness (QED) is 0.513. The minimum absolute atomic E-state index is 0. The molecular weight excluding hydrogens is 251 g/mol. The Labute approximate surface area is 134 Å². The van der Waals surface area contributed by atoms with Gasteiger partial charge in [0.25, 0.3) is 0 Å². The predicted molar refractivity (Wildman–Crippen MR) is 67.2 cm³/mol. The van der Waals surface area contributed by atoms with E-state index in [0.717, 1.165) is 0 Å². The van der Waals surface area contributed by atoms with Crippen LogP contribution in [0.15, 0.2) is 60.7 Å². The van der Waals surface area contributed by atoms with Crippen LogP contribution < -0.4 is 34.7 Å². The van der Waals surface area contributed by atoms with Crippen LogP contribution in [-0.4, -0.2) is 11.8 Å². The molecule has 3 nitrogen and oxygen atoms in total. The van der Waals surface area contributed by atoms with Crippen molar-refractivity contribution in [1.82, 2.24) is 0 Å². The Morgan fingerprint density at radius 3 is 1.42 bits per heavy atom. The van der Waals surface area contributed by atoms with Gasteiger partial charge in [0.2, 0.25) is 0 Å². The van der Waals surface area contributed by atoms with Crippen molar-refractivity contribution >= 4 is 11.8 Å². The number of aromatic carboxylic acids is 1. The van der Waals surface area contributed by atoms with Gasteiger partial charge in [0, 0.05) is 11.1 Å². The molecule has 0 aliphatic heterocycles. The molecule has 0 saturated heterocycles. The fraction of sp³-hybridized carbons (Fsp3) is 0.0667. The van der Waals surface area contributed by atoms with E-state index in [2.05, 4.69) is 0 Å². The Morgan fingerprint density at radius 2 is 1.16 bits per heavy atom. The number of carbonyl (C=O) groups is 2. The van der Waals surface area contributed by atoms with Crippen LogP contribution in [0.4, 0.5) is 0 Å². The van der Waals surface area contributed by atoms with Gasteiger partial charge in [-0.3, -0.25) is 4.79 Å². The van der Waals surface area contributed by atoms with Gasteiger partial charge in [-0.25, -0.2) is 0 Å². The van der Waals surface area contributed by atoms with E-state index < -0.39 is 5.97 Å². The van der Waals surface area contributed by atoms with Crippen molar-refractivity contribution in [2.24, 2.45) is 0 Å². The molecule has 0 aromatic heterocycles. The van der Waals surface area contributed by atoms with Crippen molar-refractivity contribution in [3.63, 3.8) is 0 Å². The summed E-state index contributed by atoms with van der Waals surface area (Å²) in [4.78, 5) is 21.3. The molecular formula is C15H13NaO3. The molecule has 19 heavy (non-hydrogen) atoms. The Kier molecular flexibility index (Phi) is 8.79. The fourth-order valence-electron chi connectivity index (χ4n) is 1.35.